The van der Waals surface area contributed by atoms with E-state index in [4.69, 9.17) is 11.6 Å². The van der Waals surface area contributed by atoms with Gasteiger partial charge in [-0.3, -0.25) is 4.79 Å². The van der Waals surface area contributed by atoms with Crippen LogP contribution in [0.4, 0.5) is 0 Å². The predicted octanol–water partition coefficient (Wildman–Crippen LogP) is 2.89. The van der Waals surface area contributed by atoms with Gasteiger partial charge in [-0.15, -0.1) is 0 Å². The van der Waals surface area contributed by atoms with E-state index in [0.29, 0.717) is 22.4 Å². The van der Waals surface area contributed by atoms with Crippen molar-refractivity contribution in [1.82, 2.24) is 9.62 Å². The third-order valence-electron chi connectivity index (χ3n) is 5.05. The van der Waals surface area contributed by atoms with Gasteiger partial charge in [0.1, 0.15) is 0 Å². The highest BCUT2D eigenvalue weighted by Gasteiger charge is 2.42. The van der Waals surface area contributed by atoms with Crippen molar-refractivity contribution in [2.45, 2.75) is 54.3 Å². The van der Waals surface area contributed by atoms with Crippen LogP contribution in [-0.2, 0) is 14.8 Å². The standard InChI is InChI=1S/C17H23ClN2O3S2/c1-24-15-10-13-5-6-14(11-15)20(13)17(21)7-8-19-25(22,23)16-4-2-3-12(18)9-16/h2-4,9,13-15,19H,5-8,10-11H2,1H3. The van der Waals surface area contributed by atoms with E-state index in [1.54, 1.807) is 12.1 Å². The van der Waals surface area contributed by atoms with Gasteiger partial charge >= 0.3 is 0 Å². The molecule has 2 aliphatic rings. The Morgan fingerprint density at radius 2 is 2.00 bits per heavy atom. The average molecular weight is 403 g/mol. The van der Waals surface area contributed by atoms with Crippen molar-refractivity contribution in [3.8, 4) is 0 Å². The Balaban J connectivity index is 1.55. The number of carbonyl (C=O) groups is 1. The first-order chi connectivity index (χ1) is 11.9. The normalized spacial score (nSPS) is 26.0. The maximum Gasteiger partial charge on any atom is 0.240 e. The number of benzene rings is 1. The minimum Gasteiger partial charge on any atom is -0.337 e. The molecular formula is C17H23ClN2O3S2. The Hall–Kier alpha value is -0.760. The second kappa shape index (κ2) is 7.86. The van der Waals surface area contributed by atoms with E-state index in [1.807, 2.05) is 16.7 Å². The fraction of sp³-hybridized carbons (Fsp3) is 0.588. The Bertz CT molecular complexity index is 727. The Morgan fingerprint density at radius 1 is 1.32 bits per heavy atom. The number of thioether (sulfide) groups is 1. The van der Waals surface area contributed by atoms with Crippen molar-refractivity contribution in [2.24, 2.45) is 0 Å². The first-order valence-electron chi connectivity index (χ1n) is 8.50. The molecule has 25 heavy (non-hydrogen) atoms. The lowest BCUT2D eigenvalue weighted by Crippen LogP contribution is -2.48. The smallest absolute Gasteiger partial charge is 0.240 e. The van der Waals surface area contributed by atoms with Crippen molar-refractivity contribution in [3.05, 3.63) is 29.3 Å². The number of nitrogens with one attached hydrogen (secondary N) is 1. The summed E-state index contributed by atoms with van der Waals surface area (Å²) in [5.41, 5.74) is 0. The molecule has 8 heteroatoms. The maximum atomic E-state index is 12.6. The Morgan fingerprint density at radius 3 is 2.60 bits per heavy atom. The van der Waals surface area contributed by atoms with Crippen LogP contribution >= 0.6 is 23.4 Å². The molecule has 2 saturated heterocycles. The molecule has 2 unspecified atom stereocenters. The van der Waals surface area contributed by atoms with Gasteiger partial charge in [-0.25, -0.2) is 13.1 Å². The molecular weight excluding hydrogens is 380 g/mol. The van der Waals surface area contributed by atoms with E-state index in [0.717, 1.165) is 25.7 Å². The minimum absolute atomic E-state index is 0.0563. The van der Waals surface area contributed by atoms with Gasteiger partial charge in [0.05, 0.1) is 4.90 Å². The zero-order chi connectivity index (χ0) is 18.0. The van der Waals surface area contributed by atoms with Crippen LogP contribution in [0, 0.1) is 0 Å². The lowest BCUT2D eigenvalue weighted by molar-refractivity contribution is -0.135. The van der Waals surface area contributed by atoms with E-state index in [-0.39, 0.29) is 23.8 Å². The van der Waals surface area contributed by atoms with Gasteiger partial charge < -0.3 is 4.90 Å². The van der Waals surface area contributed by atoms with Crippen molar-refractivity contribution in [1.29, 1.82) is 0 Å². The van der Waals surface area contributed by atoms with Gasteiger partial charge in [-0.1, -0.05) is 17.7 Å². The maximum absolute atomic E-state index is 12.6. The quantitative estimate of drug-likeness (QED) is 0.794. The molecule has 2 aliphatic heterocycles. The van der Waals surface area contributed by atoms with Gasteiger partial charge in [0.2, 0.25) is 15.9 Å². The molecule has 2 atom stereocenters. The van der Waals surface area contributed by atoms with E-state index in [9.17, 15) is 13.2 Å². The van der Waals surface area contributed by atoms with Crippen molar-refractivity contribution < 1.29 is 13.2 Å². The van der Waals surface area contributed by atoms with Crippen LogP contribution < -0.4 is 4.72 Å². The van der Waals surface area contributed by atoms with Crippen molar-refractivity contribution >= 4 is 39.3 Å². The van der Waals surface area contributed by atoms with E-state index in [2.05, 4.69) is 11.0 Å². The number of fused-ring (bicyclic) bond motifs is 2. The first kappa shape index (κ1) is 19.0. The summed E-state index contributed by atoms with van der Waals surface area (Å²) < 4.78 is 27.0. The van der Waals surface area contributed by atoms with E-state index < -0.39 is 10.0 Å². The monoisotopic (exact) mass is 402 g/mol. The van der Waals surface area contributed by atoms with Crippen LogP contribution in [0.15, 0.2) is 29.2 Å². The van der Waals surface area contributed by atoms with Crippen molar-refractivity contribution in [3.63, 3.8) is 0 Å². The van der Waals surface area contributed by atoms with Crippen LogP contribution in [0.1, 0.15) is 32.1 Å². The lowest BCUT2D eigenvalue weighted by Gasteiger charge is -2.38. The zero-order valence-corrected chi connectivity index (χ0v) is 16.5. The van der Waals surface area contributed by atoms with Gasteiger partial charge in [0, 0.05) is 35.3 Å². The third kappa shape index (κ3) is 4.32. The summed E-state index contributed by atoms with van der Waals surface area (Å²) in [5, 5.41) is 1.01. The topological polar surface area (TPSA) is 66.5 Å². The third-order valence-corrected chi connectivity index (χ3v) is 7.79. The number of hydrogen-bond donors (Lipinski definition) is 1. The van der Waals surface area contributed by atoms with Crippen molar-refractivity contribution in [2.75, 3.05) is 12.8 Å². The molecule has 1 aromatic rings. The summed E-state index contributed by atoms with van der Waals surface area (Å²) in [6, 6.07) is 6.76. The molecule has 0 aliphatic carbocycles. The largest absolute Gasteiger partial charge is 0.337 e. The molecule has 5 nitrogen and oxygen atoms in total. The summed E-state index contributed by atoms with van der Waals surface area (Å²) in [7, 11) is -3.64. The molecule has 1 amide bonds. The van der Waals surface area contributed by atoms with Crippen LogP contribution in [0.5, 0.6) is 0 Å². The average Bonchev–Trinajstić information content (AvgIpc) is 2.85. The van der Waals surface area contributed by atoms with Crippen LogP contribution in [-0.4, -0.2) is 49.4 Å². The SMILES string of the molecule is CSC1CC2CCC(C1)N2C(=O)CCNS(=O)(=O)c1cccc(Cl)c1. The number of carbonyl (C=O) groups excluding carboxylic acids is 1. The van der Waals surface area contributed by atoms with Gasteiger partial charge in [-0.05, 0) is 50.1 Å². The molecule has 3 rings (SSSR count). The highest BCUT2D eigenvalue weighted by Crippen LogP contribution is 2.39. The molecule has 2 heterocycles. The van der Waals surface area contributed by atoms with Crippen LogP contribution in [0.2, 0.25) is 5.02 Å². The number of rotatable bonds is 6. The second-order valence-corrected chi connectivity index (χ2v) is 9.96. The summed E-state index contributed by atoms with van der Waals surface area (Å²) in [4.78, 5) is 14.7. The van der Waals surface area contributed by atoms with E-state index >= 15 is 0 Å². The summed E-state index contributed by atoms with van der Waals surface area (Å²) in [6.45, 7) is 0.107. The summed E-state index contributed by atoms with van der Waals surface area (Å²) >= 11 is 7.73. The molecule has 2 fully saturated rings. The minimum atomic E-state index is -3.64. The number of piperidine rings is 1. The number of hydrogen-bond acceptors (Lipinski definition) is 4. The fourth-order valence-electron chi connectivity index (χ4n) is 3.87. The van der Waals surface area contributed by atoms with Crippen LogP contribution in [0.25, 0.3) is 0 Å². The van der Waals surface area contributed by atoms with Gasteiger partial charge in [-0.2, -0.15) is 11.8 Å². The number of sulfonamides is 1. The van der Waals surface area contributed by atoms with Crippen LogP contribution in [0.3, 0.4) is 0 Å². The molecule has 0 saturated carbocycles. The predicted molar refractivity (Wildman–Crippen MR) is 101 cm³/mol. The van der Waals surface area contributed by atoms with Gasteiger partial charge in [0.25, 0.3) is 0 Å². The Kier molecular flexibility index (Phi) is 5.98. The summed E-state index contributed by atoms with van der Waals surface area (Å²) in [6.07, 6.45) is 6.57. The number of amides is 1. The number of nitrogens with zero attached hydrogens (tertiary/aromatic N) is 1. The first-order valence-corrected chi connectivity index (χ1v) is 11.6. The fourth-order valence-corrected chi connectivity index (χ4v) is 6.03. The summed E-state index contributed by atoms with van der Waals surface area (Å²) in [5.74, 6) is 0.0563. The second-order valence-electron chi connectivity index (χ2n) is 6.62. The molecule has 138 valence electrons. The molecule has 0 aromatic heterocycles. The highest BCUT2D eigenvalue weighted by atomic mass is 35.5. The highest BCUT2D eigenvalue weighted by molar-refractivity contribution is 7.99. The zero-order valence-electron chi connectivity index (χ0n) is 14.2. The number of halogens is 1. The van der Waals surface area contributed by atoms with E-state index in [1.165, 1.54) is 12.1 Å². The molecule has 1 N–H and O–H groups in total. The Labute approximate surface area is 158 Å². The molecule has 1 aromatic carbocycles. The molecule has 0 radical (unpaired) electrons. The molecule has 0 spiro atoms. The lowest BCUT2D eigenvalue weighted by atomic mass is 10.0. The molecule has 2 bridgehead atoms. The van der Waals surface area contributed by atoms with Gasteiger partial charge in [0.15, 0.2) is 0 Å².